The fourth-order valence-electron chi connectivity index (χ4n) is 3.31. The van der Waals surface area contributed by atoms with Gasteiger partial charge in [0.1, 0.15) is 5.69 Å². The van der Waals surface area contributed by atoms with E-state index in [1.807, 2.05) is 18.2 Å². The molecule has 1 amide bonds. The Morgan fingerprint density at radius 3 is 2.77 bits per heavy atom. The molecular weight excluding hydrogens is 324 g/mol. The molecule has 1 aromatic heterocycles. The molecule has 5 heteroatoms. The number of fused-ring (bicyclic) bond motifs is 1. The van der Waals surface area contributed by atoms with Crippen molar-refractivity contribution in [3.05, 3.63) is 88.7 Å². The lowest BCUT2D eigenvalue weighted by molar-refractivity contribution is 0.0940. The van der Waals surface area contributed by atoms with Crippen LogP contribution in [0.3, 0.4) is 0 Å². The second-order valence-corrected chi connectivity index (χ2v) is 6.56. The normalized spacial score (nSPS) is 12.8. The maximum absolute atomic E-state index is 12.6. The summed E-state index contributed by atoms with van der Waals surface area (Å²) >= 11 is 0. The summed E-state index contributed by atoms with van der Waals surface area (Å²) in [5.41, 5.74) is 5.63. The molecular formula is C21H22N4O. The minimum atomic E-state index is -0.0887. The van der Waals surface area contributed by atoms with Crippen LogP contribution in [0.4, 0.5) is 0 Å². The number of benzene rings is 2. The molecule has 2 heterocycles. The molecule has 3 aromatic rings. The van der Waals surface area contributed by atoms with Gasteiger partial charge in [-0.3, -0.25) is 9.48 Å². The summed E-state index contributed by atoms with van der Waals surface area (Å²) < 4.78 is 1.77. The number of hydrogen-bond donors (Lipinski definition) is 2. The van der Waals surface area contributed by atoms with Crippen molar-refractivity contribution in [2.45, 2.75) is 32.6 Å². The van der Waals surface area contributed by atoms with Gasteiger partial charge >= 0.3 is 0 Å². The number of rotatable bonds is 6. The highest BCUT2D eigenvalue weighted by atomic mass is 16.2. The van der Waals surface area contributed by atoms with Crippen molar-refractivity contribution in [2.24, 2.45) is 0 Å². The third-order valence-corrected chi connectivity index (χ3v) is 4.76. The number of carbonyl (C=O) groups excluding carboxylic acids is 1. The Morgan fingerprint density at radius 1 is 1.04 bits per heavy atom. The molecule has 132 valence electrons. The van der Waals surface area contributed by atoms with Gasteiger partial charge in [-0.1, -0.05) is 48.5 Å². The molecule has 1 aliphatic heterocycles. The van der Waals surface area contributed by atoms with Gasteiger partial charge in [0.25, 0.3) is 5.91 Å². The summed E-state index contributed by atoms with van der Waals surface area (Å²) in [6.07, 6.45) is 2.53. The molecule has 1 aliphatic rings. The Kier molecular flexibility index (Phi) is 4.80. The van der Waals surface area contributed by atoms with Crippen LogP contribution in [0.1, 0.15) is 32.7 Å². The van der Waals surface area contributed by atoms with Gasteiger partial charge in [-0.05, 0) is 34.7 Å². The van der Waals surface area contributed by atoms with Gasteiger partial charge in [0.05, 0.1) is 0 Å². The highest BCUT2D eigenvalue weighted by Gasteiger charge is 2.13. The van der Waals surface area contributed by atoms with E-state index in [4.69, 9.17) is 0 Å². The molecule has 0 fully saturated rings. The lowest BCUT2D eigenvalue weighted by atomic mass is 10.1. The minimum Gasteiger partial charge on any atom is -0.347 e. The van der Waals surface area contributed by atoms with Crippen molar-refractivity contribution in [2.75, 3.05) is 0 Å². The summed E-state index contributed by atoms with van der Waals surface area (Å²) in [6.45, 7) is 3.05. The molecule has 4 rings (SSSR count). The molecule has 0 atom stereocenters. The monoisotopic (exact) mass is 346 g/mol. The lowest BCUT2D eigenvalue weighted by Crippen LogP contribution is -2.26. The van der Waals surface area contributed by atoms with Gasteiger partial charge < -0.3 is 10.6 Å². The van der Waals surface area contributed by atoms with Crippen LogP contribution >= 0.6 is 0 Å². The fraction of sp³-hybridized carbons (Fsp3) is 0.238. The largest absolute Gasteiger partial charge is 0.347 e. The number of amides is 1. The van der Waals surface area contributed by atoms with Crippen molar-refractivity contribution < 1.29 is 4.79 Å². The predicted octanol–water partition coefficient (Wildman–Crippen LogP) is 2.66. The van der Waals surface area contributed by atoms with Crippen molar-refractivity contribution in [1.29, 1.82) is 0 Å². The first kappa shape index (κ1) is 16.5. The number of nitrogens with one attached hydrogen (secondary N) is 2. The lowest BCUT2D eigenvalue weighted by Gasteiger charge is -2.09. The van der Waals surface area contributed by atoms with Crippen molar-refractivity contribution in [3.8, 4) is 0 Å². The van der Waals surface area contributed by atoms with E-state index in [9.17, 15) is 4.79 Å². The minimum absolute atomic E-state index is 0.0887. The third kappa shape index (κ3) is 3.68. The van der Waals surface area contributed by atoms with Gasteiger partial charge in [0.15, 0.2) is 0 Å². The molecule has 0 radical (unpaired) electrons. The van der Waals surface area contributed by atoms with Crippen LogP contribution in [0.25, 0.3) is 0 Å². The van der Waals surface area contributed by atoms with Gasteiger partial charge in [-0.15, -0.1) is 0 Å². The molecule has 0 unspecified atom stereocenters. The van der Waals surface area contributed by atoms with Crippen LogP contribution in [-0.2, 0) is 32.6 Å². The van der Waals surface area contributed by atoms with Gasteiger partial charge in [0, 0.05) is 32.4 Å². The van der Waals surface area contributed by atoms with E-state index in [0.29, 0.717) is 18.8 Å². The van der Waals surface area contributed by atoms with Gasteiger partial charge in [0.2, 0.25) is 0 Å². The van der Waals surface area contributed by atoms with E-state index >= 15 is 0 Å². The Hall–Kier alpha value is -2.92. The Balaban J connectivity index is 1.37. The molecule has 5 nitrogen and oxygen atoms in total. The Labute approximate surface area is 153 Å². The molecule has 0 bridgehead atoms. The second-order valence-electron chi connectivity index (χ2n) is 6.56. The van der Waals surface area contributed by atoms with Crippen LogP contribution in [-0.4, -0.2) is 15.7 Å². The number of aryl methyl sites for hydroxylation is 2. The second kappa shape index (κ2) is 7.54. The SMILES string of the molecule is O=C(NCc1ccc2c(c1)CNC2)c1ccnn1CCc1ccccc1. The summed E-state index contributed by atoms with van der Waals surface area (Å²) in [5.74, 6) is -0.0887. The molecule has 0 aliphatic carbocycles. The summed E-state index contributed by atoms with van der Waals surface area (Å²) in [6, 6.07) is 18.4. The van der Waals surface area contributed by atoms with Gasteiger partial charge in [-0.25, -0.2) is 0 Å². The molecule has 0 saturated heterocycles. The first-order chi connectivity index (χ1) is 12.8. The fourth-order valence-corrected chi connectivity index (χ4v) is 3.31. The van der Waals surface area contributed by atoms with Gasteiger partial charge in [-0.2, -0.15) is 5.10 Å². The van der Waals surface area contributed by atoms with E-state index in [2.05, 4.69) is 46.1 Å². The number of hydrogen-bond acceptors (Lipinski definition) is 3. The summed E-state index contributed by atoms with van der Waals surface area (Å²) in [5, 5.41) is 10.7. The number of nitrogens with zero attached hydrogens (tertiary/aromatic N) is 2. The molecule has 26 heavy (non-hydrogen) atoms. The van der Waals surface area contributed by atoms with Crippen LogP contribution in [0.2, 0.25) is 0 Å². The van der Waals surface area contributed by atoms with E-state index in [-0.39, 0.29) is 5.91 Å². The summed E-state index contributed by atoms with van der Waals surface area (Å²) in [7, 11) is 0. The smallest absolute Gasteiger partial charge is 0.269 e. The first-order valence-electron chi connectivity index (χ1n) is 8.95. The molecule has 2 aromatic carbocycles. The average Bonchev–Trinajstić information content (AvgIpc) is 3.34. The predicted molar refractivity (Wildman–Crippen MR) is 101 cm³/mol. The maximum atomic E-state index is 12.6. The van der Waals surface area contributed by atoms with Crippen LogP contribution < -0.4 is 10.6 Å². The maximum Gasteiger partial charge on any atom is 0.269 e. The highest BCUT2D eigenvalue weighted by molar-refractivity contribution is 5.92. The molecule has 0 saturated carbocycles. The molecule has 2 N–H and O–H groups in total. The van der Waals surface area contributed by atoms with Crippen molar-refractivity contribution in [1.82, 2.24) is 20.4 Å². The standard InChI is InChI=1S/C21H22N4O/c26-21(23-13-17-6-7-18-14-22-15-19(18)12-17)20-8-10-24-25(20)11-9-16-4-2-1-3-5-16/h1-8,10,12,22H,9,11,13-15H2,(H,23,26). The zero-order chi connectivity index (χ0) is 17.8. The van der Waals surface area contributed by atoms with Crippen LogP contribution in [0.5, 0.6) is 0 Å². The van der Waals surface area contributed by atoms with Crippen molar-refractivity contribution in [3.63, 3.8) is 0 Å². The van der Waals surface area contributed by atoms with Crippen LogP contribution in [0, 0.1) is 0 Å². The van der Waals surface area contributed by atoms with E-state index < -0.39 is 0 Å². The van der Waals surface area contributed by atoms with E-state index in [0.717, 1.165) is 25.1 Å². The zero-order valence-electron chi connectivity index (χ0n) is 14.6. The third-order valence-electron chi connectivity index (χ3n) is 4.76. The quantitative estimate of drug-likeness (QED) is 0.721. The zero-order valence-corrected chi connectivity index (χ0v) is 14.6. The van der Waals surface area contributed by atoms with Crippen molar-refractivity contribution >= 4 is 5.91 Å². The highest BCUT2D eigenvalue weighted by Crippen LogP contribution is 2.17. The Bertz CT molecular complexity index is 901. The summed E-state index contributed by atoms with van der Waals surface area (Å²) in [4.78, 5) is 12.6. The number of carbonyl (C=O) groups is 1. The molecule has 0 spiro atoms. The average molecular weight is 346 g/mol. The van der Waals surface area contributed by atoms with Crippen LogP contribution in [0.15, 0.2) is 60.8 Å². The van der Waals surface area contributed by atoms with E-state index in [1.54, 1.807) is 16.9 Å². The van der Waals surface area contributed by atoms with E-state index in [1.165, 1.54) is 16.7 Å². The first-order valence-corrected chi connectivity index (χ1v) is 8.95. The topological polar surface area (TPSA) is 59.0 Å². The Morgan fingerprint density at radius 2 is 1.88 bits per heavy atom. The number of aromatic nitrogens is 2.